The molecule has 1 aromatic carbocycles. The summed E-state index contributed by atoms with van der Waals surface area (Å²) < 4.78 is 17.2. The fourth-order valence-electron chi connectivity index (χ4n) is 3.34. The Hall–Kier alpha value is -1.80. The Morgan fingerprint density at radius 1 is 1.27 bits per heavy atom. The van der Waals surface area contributed by atoms with E-state index >= 15 is 0 Å². The molecule has 3 heterocycles. The van der Waals surface area contributed by atoms with Crippen molar-refractivity contribution < 1.29 is 4.39 Å². The molecule has 8 heteroatoms. The average Bonchev–Trinajstić information content (AvgIpc) is 3.22. The molecule has 0 unspecified atom stereocenters. The molecule has 2 aromatic heterocycles. The van der Waals surface area contributed by atoms with Gasteiger partial charge in [0.25, 0.3) is 0 Å². The van der Waals surface area contributed by atoms with E-state index in [0.717, 1.165) is 34.1 Å². The number of hydrogen-bond acceptors (Lipinski definition) is 5. The van der Waals surface area contributed by atoms with E-state index in [9.17, 15) is 4.39 Å². The first kappa shape index (κ1) is 17.6. The van der Waals surface area contributed by atoms with Gasteiger partial charge in [-0.15, -0.1) is 10.2 Å². The Bertz CT molecular complexity index is 965. The minimum atomic E-state index is -0.289. The Morgan fingerprint density at radius 3 is 2.85 bits per heavy atom. The molecule has 1 aliphatic heterocycles. The van der Waals surface area contributed by atoms with Gasteiger partial charge in [0.15, 0.2) is 5.01 Å². The third-order valence-corrected chi connectivity index (χ3v) is 6.16. The van der Waals surface area contributed by atoms with E-state index in [-0.39, 0.29) is 5.82 Å². The molecule has 0 bridgehead atoms. The Balaban J connectivity index is 1.61. The second-order valence-electron chi connectivity index (χ2n) is 6.76. The minimum absolute atomic E-state index is 0.289. The third kappa shape index (κ3) is 3.05. The highest BCUT2D eigenvalue weighted by Gasteiger charge is 2.26. The summed E-state index contributed by atoms with van der Waals surface area (Å²) in [5.74, 6) is 1.22. The van der Waals surface area contributed by atoms with Crippen LogP contribution in [0.25, 0.3) is 10.6 Å². The molecule has 0 N–H and O–H groups in total. The maximum Gasteiger partial charge on any atom is 0.208 e. The van der Waals surface area contributed by atoms with E-state index in [0.29, 0.717) is 23.0 Å². The number of nitrogens with zero attached hydrogens (tertiary/aromatic N) is 5. The molecule has 26 heavy (non-hydrogen) atoms. The fourth-order valence-corrected chi connectivity index (χ4v) is 4.59. The molecule has 0 aliphatic carbocycles. The maximum atomic E-state index is 14.1. The van der Waals surface area contributed by atoms with Gasteiger partial charge < -0.3 is 9.47 Å². The van der Waals surface area contributed by atoms with Crippen LogP contribution < -0.4 is 4.90 Å². The third-order valence-electron chi connectivity index (χ3n) is 4.65. The van der Waals surface area contributed by atoms with Crippen LogP contribution in [0.15, 0.2) is 22.7 Å². The zero-order valence-corrected chi connectivity index (χ0v) is 17.2. The summed E-state index contributed by atoms with van der Waals surface area (Å²) in [4.78, 5) is 7.00. The Kier molecular flexibility index (Phi) is 4.56. The molecule has 0 saturated carbocycles. The van der Waals surface area contributed by atoms with Crippen molar-refractivity contribution in [2.45, 2.75) is 32.7 Å². The zero-order valence-electron chi connectivity index (χ0n) is 14.8. The summed E-state index contributed by atoms with van der Waals surface area (Å²) in [7, 11) is 2.09. The van der Waals surface area contributed by atoms with Gasteiger partial charge in [-0.25, -0.2) is 9.37 Å². The molecule has 3 aromatic rings. The van der Waals surface area contributed by atoms with Gasteiger partial charge in [-0.2, -0.15) is 0 Å². The lowest BCUT2D eigenvalue weighted by atomic mass is 10.1. The summed E-state index contributed by atoms with van der Waals surface area (Å²) in [5.41, 5.74) is 2.88. The summed E-state index contributed by atoms with van der Waals surface area (Å²) in [6.07, 6.45) is 0.922. The number of rotatable bonds is 3. The van der Waals surface area contributed by atoms with Crippen LogP contribution in [-0.4, -0.2) is 26.3 Å². The van der Waals surface area contributed by atoms with Gasteiger partial charge in [-0.3, -0.25) is 0 Å². The monoisotopic (exact) mass is 435 g/mol. The standard InChI is InChI=1S/C18H19BrFN5S/c1-10(2)16-21-14-9-25(7-6-15(14)24(16)3)18-23-22-17(26-18)12-8-11(19)4-5-13(12)20/h4-5,8,10H,6-7,9H2,1-3H3. The van der Waals surface area contributed by atoms with Crippen molar-refractivity contribution in [1.29, 1.82) is 0 Å². The van der Waals surface area contributed by atoms with Gasteiger partial charge >= 0.3 is 0 Å². The Labute approximate surface area is 164 Å². The Morgan fingerprint density at radius 2 is 2.08 bits per heavy atom. The normalized spacial score (nSPS) is 14.2. The van der Waals surface area contributed by atoms with Crippen LogP contribution in [0.3, 0.4) is 0 Å². The van der Waals surface area contributed by atoms with Gasteiger partial charge in [-0.05, 0) is 18.2 Å². The van der Waals surface area contributed by atoms with E-state index in [4.69, 9.17) is 4.98 Å². The maximum absolute atomic E-state index is 14.1. The molecule has 0 amide bonds. The zero-order chi connectivity index (χ0) is 18.4. The minimum Gasteiger partial charge on any atom is -0.340 e. The van der Waals surface area contributed by atoms with E-state index < -0.39 is 0 Å². The lowest BCUT2D eigenvalue weighted by Gasteiger charge is -2.25. The molecule has 5 nitrogen and oxygen atoms in total. The van der Waals surface area contributed by atoms with Gasteiger partial charge in [0, 0.05) is 41.7 Å². The van der Waals surface area contributed by atoms with Crippen molar-refractivity contribution in [3.05, 3.63) is 45.7 Å². The molecule has 1 aliphatic rings. The number of imidazole rings is 1. The molecule has 0 saturated heterocycles. The molecule has 0 spiro atoms. The molecule has 0 fully saturated rings. The first-order chi connectivity index (χ1) is 12.4. The molecular formula is C18H19BrFN5S. The first-order valence-electron chi connectivity index (χ1n) is 8.52. The van der Waals surface area contributed by atoms with Crippen LogP contribution in [0.5, 0.6) is 0 Å². The van der Waals surface area contributed by atoms with Gasteiger partial charge in [-0.1, -0.05) is 41.1 Å². The van der Waals surface area contributed by atoms with Gasteiger partial charge in [0.1, 0.15) is 11.6 Å². The van der Waals surface area contributed by atoms with Crippen molar-refractivity contribution >= 4 is 32.4 Å². The smallest absolute Gasteiger partial charge is 0.208 e. The molecular weight excluding hydrogens is 417 g/mol. The highest BCUT2D eigenvalue weighted by Crippen LogP contribution is 2.34. The summed E-state index contributed by atoms with van der Waals surface area (Å²) in [6.45, 7) is 5.90. The number of hydrogen-bond donors (Lipinski definition) is 0. The fraction of sp³-hybridized carbons (Fsp3) is 0.389. The number of benzene rings is 1. The largest absolute Gasteiger partial charge is 0.340 e. The predicted octanol–water partition coefficient (Wildman–Crippen LogP) is 4.53. The van der Waals surface area contributed by atoms with Gasteiger partial charge in [0.2, 0.25) is 5.13 Å². The number of halogens is 2. The summed E-state index contributed by atoms with van der Waals surface area (Å²) in [5, 5.41) is 9.91. The number of anilines is 1. The van der Waals surface area contributed by atoms with E-state index in [2.05, 4.69) is 56.5 Å². The van der Waals surface area contributed by atoms with E-state index in [1.807, 2.05) is 0 Å². The van der Waals surface area contributed by atoms with Crippen LogP contribution in [0.1, 0.15) is 37.0 Å². The highest BCUT2D eigenvalue weighted by molar-refractivity contribution is 9.10. The molecule has 136 valence electrons. The molecule has 0 radical (unpaired) electrons. The van der Waals surface area contributed by atoms with Crippen molar-refractivity contribution in [2.24, 2.45) is 7.05 Å². The number of fused-ring (bicyclic) bond motifs is 1. The van der Waals surface area contributed by atoms with Crippen LogP contribution in [0.2, 0.25) is 0 Å². The van der Waals surface area contributed by atoms with E-state index in [1.165, 1.54) is 23.1 Å². The summed E-state index contributed by atoms with van der Waals surface area (Å²) >= 11 is 4.80. The van der Waals surface area contributed by atoms with Crippen molar-refractivity contribution in [3.63, 3.8) is 0 Å². The van der Waals surface area contributed by atoms with E-state index in [1.54, 1.807) is 12.1 Å². The highest BCUT2D eigenvalue weighted by atomic mass is 79.9. The van der Waals surface area contributed by atoms with Gasteiger partial charge in [0.05, 0.1) is 12.2 Å². The topological polar surface area (TPSA) is 46.8 Å². The second-order valence-corrected chi connectivity index (χ2v) is 8.63. The summed E-state index contributed by atoms with van der Waals surface area (Å²) in [6, 6.07) is 4.86. The lowest BCUT2D eigenvalue weighted by Crippen LogP contribution is -2.31. The van der Waals surface area contributed by atoms with Crippen molar-refractivity contribution in [1.82, 2.24) is 19.7 Å². The molecule has 0 atom stereocenters. The lowest BCUT2D eigenvalue weighted by molar-refractivity contribution is 0.630. The van der Waals surface area contributed by atoms with Crippen LogP contribution in [0.4, 0.5) is 9.52 Å². The van der Waals surface area contributed by atoms with Crippen molar-refractivity contribution in [3.8, 4) is 10.6 Å². The second kappa shape index (κ2) is 6.74. The average molecular weight is 436 g/mol. The quantitative estimate of drug-likeness (QED) is 0.606. The first-order valence-corrected chi connectivity index (χ1v) is 10.1. The van der Waals surface area contributed by atoms with Crippen molar-refractivity contribution in [2.75, 3.05) is 11.4 Å². The SMILES string of the molecule is CC(C)c1nc2c(n1C)CCN(c1nnc(-c3cc(Br)ccc3F)s1)C2. The van der Waals surface area contributed by atoms with Crippen LogP contribution in [-0.2, 0) is 20.0 Å². The predicted molar refractivity (Wildman–Crippen MR) is 105 cm³/mol. The molecule has 4 rings (SSSR count). The van der Waals surface area contributed by atoms with Crippen LogP contribution >= 0.6 is 27.3 Å². The van der Waals surface area contributed by atoms with Crippen LogP contribution in [0, 0.1) is 5.82 Å². The number of aromatic nitrogens is 4.